The summed E-state index contributed by atoms with van der Waals surface area (Å²) in [4.78, 5) is 38.7. The lowest BCUT2D eigenvalue weighted by Gasteiger charge is -2.40. The van der Waals surface area contributed by atoms with E-state index in [-0.39, 0.29) is 60.0 Å². The summed E-state index contributed by atoms with van der Waals surface area (Å²) in [7, 11) is -3.37. The highest BCUT2D eigenvalue weighted by molar-refractivity contribution is 7.91. The van der Waals surface area contributed by atoms with Crippen LogP contribution in [0.2, 0.25) is 0 Å². The van der Waals surface area contributed by atoms with Gasteiger partial charge in [0.05, 0.1) is 28.4 Å². The highest BCUT2D eigenvalue weighted by Gasteiger charge is 2.42. The molecule has 1 atom stereocenters. The molecule has 0 aliphatic carbocycles. The van der Waals surface area contributed by atoms with Crippen molar-refractivity contribution in [1.82, 2.24) is 24.8 Å². The number of hydrogen-bond acceptors (Lipinski definition) is 9. The van der Waals surface area contributed by atoms with E-state index in [1.165, 1.54) is 22.8 Å². The van der Waals surface area contributed by atoms with Gasteiger partial charge in [0, 0.05) is 43.2 Å². The number of carbonyl (C=O) groups excluding carboxylic acids is 1. The van der Waals surface area contributed by atoms with Crippen LogP contribution in [0.15, 0.2) is 35.1 Å². The first kappa shape index (κ1) is 33.0. The smallest absolute Gasteiger partial charge is 0.273 e. The van der Waals surface area contributed by atoms with E-state index in [2.05, 4.69) is 31.6 Å². The van der Waals surface area contributed by atoms with Gasteiger partial charge in [-0.25, -0.2) is 27.2 Å². The Morgan fingerprint density at radius 2 is 1.83 bits per heavy atom. The number of halogens is 2. The molecule has 4 aliphatic rings. The van der Waals surface area contributed by atoms with Crippen LogP contribution in [-0.2, 0) is 32.5 Å². The molecule has 7 rings (SSSR count). The van der Waals surface area contributed by atoms with E-state index < -0.39 is 38.7 Å². The zero-order chi connectivity index (χ0) is 33.6. The fraction of sp³-hybridized carbons (Fsp3) is 0.545. The highest BCUT2D eigenvalue weighted by atomic mass is 32.2. The first-order valence-electron chi connectivity index (χ1n) is 16.1. The highest BCUT2D eigenvalue weighted by Crippen LogP contribution is 2.39. The van der Waals surface area contributed by atoms with Crippen molar-refractivity contribution in [3.05, 3.63) is 63.2 Å². The number of sulfone groups is 1. The molecule has 2 saturated heterocycles. The van der Waals surface area contributed by atoms with E-state index in [1.54, 1.807) is 19.1 Å². The normalized spacial score (nSPS) is 25.8. The number of carbonyl (C=O) groups is 1. The molecule has 0 spiro atoms. The van der Waals surface area contributed by atoms with Crippen LogP contribution in [0.3, 0.4) is 0 Å². The first-order valence-corrected chi connectivity index (χ1v) is 17.9. The maximum Gasteiger partial charge on any atom is 0.273 e. The Labute approximate surface area is 272 Å². The minimum absolute atomic E-state index is 0.0571. The molecule has 1 aromatic carbocycles. The van der Waals surface area contributed by atoms with Crippen molar-refractivity contribution in [3.63, 3.8) is 0 Å². The zero-order valence-electron chi connectivity index (χ0n) is 26.6. The minimum atomic E-state index is -3.37. The van der Waals surface area contributed by atoms with Gasteiger partial charge in [0.2, 0.25) is 5.91 Å². The third-order valence-corrected chi connectivity index (χ3v) is 11.5. The number of anilines is 1. The topological polar surface area (TPSA) is 150 Å². The Balaban J connectivity index is 1.47. The first-order chi connectivity index (χ1) is 22.3. The number of fused-ring (bicyclic) bond motifs is 8. The van der Waals surface area contributed by atoms with Crippen LogP contribution >= 0.6 is 0 Å². The van der Waals surface area contributed by atoms with Crippen molar-refractivity contribution in [2.24, 2.45) is 5.92 Å². The molecule has 0 unspecified atom stereocenters. The SMILES string of the molecule is Cc1nc2c3cc(C4(C#N)CCS(=O)(=O)CC4)c(=O)n(c3n1)CC(=O)NCCCN1CC(CCC(F)(F)c3cccc(c3)[C@H](C)N2)C1. The molecule has 0 saturated carbocycles. The predicted molar refractivity (Wildman–Crippen MR) is 173 cm³/mol. The van der Waals surface area contributed by atoms with Crippen molar-refractivity contribution in [1.29, 1.82) is 5.26 Å². The summed E-state index contributed by atoms with van der Waals surface area (Å²) < 4.78 is 56.7. The summed E-state index contributed by atoms with van der Waals surface area (Å²) >= 11 is 0. The van der Waals surface area contributed by atoms with Gasteiger partial charge in [-0.3, -0.25) is 14.2 Å². The third kappa shape index (κ3) is 6.73. The minimum Gasteiger partial charge on any atom is -0.363 e. The number of nitriles is 1. The van der Waals surface area contributed by atoms with Gasteiger partial charge in [0.15, 0.2) is 0 Å². The van der Waals surface area contributed by atoms with E-state index >= 15 is 8.78 Å². The van der Waals surface area contributed by atoms with Crippen LogP contribution in [0, 0.1) is 24.2 Å². The second-order valence-corrected chi connectivity index (χ2v) is 15.5. The quantitative estimate of drug-likeness (QED) is 0.397. The number of alkyl halides is 2. The van der Waals surface area contributed by atoms with Gasteiger partial charge in [-0.2, -0.15) is 5.26 Å². The van der Waals surface area contributed by atoms with E-state index in [1.807, 2.05) is 6.92 Å². The van der Waals surface area contributed by atoms with Crippen LogP contribution in [-0.4, -0.2) is 71.4 Å². The molecule has 2 aromatic heterocycles. The number of hydrogen-bond donors (Lipinski definition) is 2. The van der Waals surface area contributed by atoms with Gasteiger partial charge in [0.25, 0.3) is 11.5 Å². The number of nitrogens with zero attached hydrogens (tertiary/aromatic N) is 5. The molecule has 14 heteroatoms. The average molecular weight is 668 g/mol. The van der Waals surface area contributed by atoms with E-state index in [0.717, 1.165) is 13.1 Å². The van der Waals surface area contributed by atoms with Gasteiger partial charge >= 0.3 is 0 Å². The van der Waals surface area contributed by atoms with Crippen molar-refractivity contribution >= 4 is 32.6 Å². The van der Waals surface area contributed by atoms with Crippen LogP contribution in [0.1, 0.15) is 67.6 Å². The van der Waals surface area contributed by atoms with E-state index in [4.69, 9.17) is 0 Å². The Morgan fingerprint density at radius 1 is 1.09 bits per heavy atom. The maximum absolute atomic E-state index is 15.4. The molecular weight excluding hydrogens is 628 g/mol. The number of benzene rings is 1. The van der Waals surface area contributed by atoms with Gasteiger partial charge < -0.3 is 15.5 Å². The molecule has 11 nitrogen and oxygen atoms in total. The van der Waals surface area contributed by atoms with Crippen molar-refractivity contribution in [2.45, 2.75) is 69.9 Å². The monoisotopic (exact) mass is 667 g/mol. The fourth-order valence-electron chi connectivity index (χ4n) is 6.91. The Hall–Kier alpha value is -3.96. The lowest BCUT2D eigenvalue weighted by Crippen LogP contribution is -2.47. The van der Waals surface area contributed by atoms with E-state index in [9.17, 15) is 23.3 Å². The predicted octanol–water partition coefficient (Wildman–Crippen LogP) is 3.57. The molecule has 47 heavy (non-hydrogen) atoms. The fourth-order valence-corrected chi connectivity index (χ4v) is 8.43. The number of aromatic nitrogens is 3. The standard InChI is InChI=1S/C33H39F2N7O4S/c1-21-24-5-3-6-25(15-24)33(34,35)8-7-23-17-41(18-23)12-4-11-37-28(43)19-42-30-26(29(38-21)39-22(2)40-30)16-27(31(42)44)32(20-36)9-13-47(45,46)14-10-32/h3,5-6,15-16,21,23H,4,7-14,17-19H2,1-2H3,(H,37,43)(H,38,39,40)/t21-/m0/s1. The molecule has 3 aromatic rings. The summed E-state index contributed by atoms with van der Waals surface area (Å²) in [5.74, 6) is -3.10. The largest absolute Gasteiger partial charge is 0.363 e. The Kier molecular flexibility index (Phi) is 8.82. The number of pyridine rings is 1. The van der Waals surface area contributed by atoms with Crippen LogP contribution in [0.25, 0.3) is 11.0 Å². The summed E-state index contributed by atoms with van der Waals surface area (Å²) in [6.45, 7) is 5.63. The zero-order valence-corrected chi connectivity index (χ0v) is 27.4. The van der Waals surface area contributed by atoms with Gasteiger partial charge in [0.1, 0.15) is 33.7 Å². The van der Waals surface area contributed by atoms with Crippen molar-refractivity contribution in [3.8, 4) is 6.07 Å². The number of rotatable bonds is 1. The van der Waals surface area contributed by atoms with Gasteiger partial charge in [-0.05, 0) is 69.7 Å². The van der Waals surface area contributed by atoms with Crippen LogP contribution in [0.5, 0.6) is 0 Å². The van der Waals surface area contributed by atoms with Crippen LogP contribution in [0.4, 0.5) is 14.6 Å². The van der Waals surface area contributed by atoms with E-state index in [0.29, 0.717) is 48.5 Å². The average Bonchev–Trinajstić information content (AvgIpc) is 3.01. The maximum atomic E-state index is 15.4. The van der Waals surface area contributed by atoms with Crippen LogP contribution < -0.4 is 16.2 Å². The lowest BCUT2D eigenvalue weighted by molar-refractivity contribution is -0.121. The number of amides is 1. The molecule has 2 N–H and O–H groups in total. The third-order valence-electron chi connectivity index (χ3n) is 9.80. The molecule has 1 amide bonds. The second-order valence-electron chi connectivity index (χ2n) is 13.2. The number of aryl methyl sites for hydroxylation is 1. The molecule has 4 aliphatic heterocycles. The molecule has 250 valence electrons. The molecule has 6 heterocycles. The Morgan fingerprint density at radius 3 is 2.55 bits per heavy atom. The van der Waals surface area contributed by atoms with Crippen molar-refractivity contribution in [2.75, 3.05) is 43.0 Å². The molecular formula is C33H39F2N7O4S. The summed E-state index contributed by atoms with van der Waals surface area (Å²) in [6, 6.07) is 9.58. The van der Waals surface area contributed by atoms with Crippen molar-refractivity contribution < 1.29 is 22.0 Å². The molecule has 0 radical (unpaired) electrons. The van der Waals surface area contributed by atoms with Gasteiger partial charge in [-0.15, -0.1) is 0 Å². The Bertz CT molecular complexity index is 1900. The summed E-state index contributed by atoms with van der Waals surface area (Å²) in [6.07, 6.45) is 0.687. The summed E-state index contributed by atoms with van der Waals surface area (Å²) in [5.41, 5.74) is -1.20. The lowest BCUT2D eigenvalue weighted by atomic mass is 9.77. The molecule has 8 bridgehead atoms. The second kappa shape index (κ2) is 12.6. The van der Waals surface area contributed by atoms with Gasteiger partial charge in [-0.1, -0.05) is 18.2 Å². The summed E-state index contributed by atoms with van der Waals surface area (Å²) in [5, 5.41) is 16.9. The number of nitrogens with one attached hydrogen (secondary N) is 2. The molecule has 2 fully saturated rings.